The van der Waals surface area contributed by atoms with Gasteiger partial charge in [0.15, 0.2) is 0 Å². The summed E-state index contributed by atoms with van der Waals surface area (Å²) in [5, 5.41) is 3.56. The first-order chi connectivity index (χ1) is 6.33. The van der Waals surface area contributed by atoms with Crippen molar-refractivity contribution in [2.24, 2.45) is 0 Å². The number of hydrogen-bond acceptors (Lipinski definition) is 1. The molecule has 0 N–H and O–H groups in total. The van der Waals surface area contributed by atoms with Crippen LogP contribution in [0.5, 0.6) is 0 Å². The summed E-state index contributed by atoms with van der Waals surface area (Å²) in [6.45, 7) is 0. The summed E-state index contributed by atoms with van der Waals surface area (Å²) >= 11 is 9.44. The summed E-state index contributed by atoms with van der Waals surface area (Å²) in [5.74, 6) is 0. The summed E-state index contributed by atoms with van der Waals surface area (Å²) in [7, 11) is 0. The van der Waals surface area contributed by atoms with Gasteiger partial charge in [0, 0.05) is 16.9 Å². The molecule has 1 aromatic heterocycles. The molecule has 0 radical (unpaired) electrons. The minimum Gasteiger partial charge on any atom is -0.244 e. The van der Waals surface area contributed by atoms with Gasteiger partial charge in [-0.15, -0.1) is 0 Å². The number of benzene rings is 1. The Labute approximate surface area is 89.9 Å². The van der Waals surface area contributed by atoms with Gasteiger partial charge in [-0.05, 0) is 17.0 Å². The van der Waals surface area contributed by atoms with Crippen molar-refractivity contribution in [3.63, 3.8) is 0 Å². The molecule has 2 aromatic rings. The van der Waals surface area contributed by atoms with E-state index >= 15 is 0 Å². The van der Waals surface area contributed by atoms with Crippen LogP contribution in [0.1, 0.15) is 5.56 Å². The van der Waals surface area contributed by atoms with Gasteiger partial charge < -0.3 is 0 Å². The van der Waals surface area contributed by atoms with E-state index in [1.807, 2.05) is 24.3 Å². The van der Waals surface area contributed by atoms with Crippen LogP contribution in [-0.2, 0) is 5.33 Å². The van der Waals surface area contributed by atoms with Crippen LogP contribution in [-0.4, -0.2) is 4.98 Å². The van der Waals surface area contributed by atoms with Gasteiger partial charge in [-0.1, -0.05) is 45.7 Å². The lowest BCUT2D eigenvalue weighted by molar-refractivity contribution is 1.35. The second-order valence-corrected chi connectivity index (χ2v) is 3.67. The van der Waals surface area contributed by atoms with E-state index in [4.69, 9.17) is 11.6 Å². The van der Waals surface area contributed by atoms with Gasteiger partial charge in [-0.3, -0.25) is 0 Å². The molecular formula is C10H7BrClN. The molecule has 0 unspecified atom stereocenters. The smallest absolute Gasteiger partial charge is 0.137 e. The molecule has 0 saturated carbocycles. The number of rotatable bonds is 1. The van der Waals surface area contributed by atoms with E-state index in [1.54, 1.807) is 6.20 Å². The number of fused-ring (bicyclic) bond motifs is 1. The summed E-state index contributed by atoms with van der Waals surface area (Å²) in [6.07, 6.45) is 1.72. The first-order valence-electron chi connectivity index (χ1n) is 3.91. The van der Waals surface area contributed by atoms with Gasteiger partial charge in [-0.25, -0.2) is 4.98 Å². The molecule has 3 heteroatoms. The van der Waals surface area contributed by atoms with E-state index in [-0.39, 0.29) is 0 Å². The number of aromatic nitrogens is 1. The highest BCUT2D eigenvalue weighted by atomic mass is 79.9. The van der Waals surface area contributed by atoms with E-state index < -0.39 is 0 Å². The van der Waals surface area contributed by atoms with Gasteiger partial charge >= 0.3 is 0 Å². The third-order valence-electron chi connectivity index (χ3n) is 1.98. The normalized spacial score (nSPS) is 10.6. The Morgan fingerprint density at radius 1 is 1.31 bits per heavy atom. The number of alkyl halides is 1. The number of pyridine rings is 1. The highest BCUT2D eigenvalue weighted by Crippen LogP contribution is 2.26. The molecule has 1 aromatic carbocycles. The highest BCUT2D eigenvalue weighted by Gasteiger charge is 2.03. The average Bonchev–Trinajstić information content (AvgIpc) is 2.17. The lowest BCUT2D eigenvalue weighted by Crippen LogP contribution is -1.84. The quantitative estimate of drug-likeness (QED) is 0.559. The maximum atomic E-state index is 6.01. The van der Waals surface area contributed by atoms with Crippen LogP contribution >= 0.6 is 27.5 Å². The molecule has 0 spiro atoms. The molecule has 66 valence electrons. The van der Waals surface area contributed by atoms with Crippen LogP contribution in [0, 0.1) is 0 Å². The van der Waals surface area contributed by atoms with Gasteiger partial charge in [0.1, 0.15) is 5.15 Å². The molecular weight excluding hydrogens is 249 g/mol. The fraction of sp³-hybridized carbons (Fsp3) is 0.100. The monoisotopic (exact) mass is 255 g/mol. The Morgan fingerprint density at radius 3 is 2.92 bits per heavy atom. The fourth-order valence-electron chi connectivity index (χ4n) is 1.37. The standard InChI is InChI=1S/C10H7BrClN/c11-6-8-3-1-2-7-4-5-13-10(12)9(7)8/h1-5H,6H2. The van der Waals surface area contributed by atoms with Crippen LogP contribution < -0.4 is 0 Å². The number of nitrogens with zero attached hydrogens (tertiary/aromatic N) is 1. The predicted molar refractivity (Wildman–Crippen MR) is 59.4 cm³/mol. The zero-order valence-electron chi connectivity index (χ0n) is 6.80. The van der Waals surface area contributed by atoms with Crippen molar-refractivity contribution in [1.29, 1.82) is 0 Å². The van der Waals surface area contributed by atoms with Gasteiger partial charge in [-0.2, -0.15) is 0 Å². The van der Waals surface area contributed by atoms with E-state index in [0.29, 0.717) is 5.15 Å². The van der Waals surface area contributed by atoms with Crippen molar-refractivity contribution in [1.82, 2.24) is 4.98 Å². The second-order valence-electron chi connectivity index (χ2n) is 2.75. The third kappa shape index (κ3) is 1.56. The van der Waals surface area contributed by atoms with Crippen LogP contribution in [0.3, 0.4) is 0 Å². The van der Waals surface area contributed by atoms with Crippen LogP contribution in [0.2, 0.25) is 5.15 Å². The van der Waals surface area contributed by atoms with Crippen molar-refractivity contribution >= 4 is 38.3 Å². The molecule has 0 aliphatic heterocycles. The molecule has 0 bridgehead atoms. The van der Waals surface area contributed by atoms with Crippen LogP contribution in [0.4, 0.5) is 0 Å². The van der Waals surface area contributed by atoms with E-state index in [1.165, 1.54) is 5.56 Å². The Hall–Kier alpha value is -0.600. The Morgan fingerprint density at radius 2 is 2.15 bits per heavy atom. The summed E-state index contributed by atoms with van der Waals surface area (Å²) in [4.78, 5) is 4.06. The van der Waals surface area contributed by atoms with E-state index in [9.17, 15) is 0 Å². The lowest BCUT2D eigenvalue weighted by atomic mass is 10.1. The predicted octanol–water partition coefficient (Wildman–Crippen LogP) is 3.78. The van der Waals surface area contributed by atoms with Crippen molar-refractivity contribution in [3.8, 4) is 0 Å². The third-order valence-corrected chi connectivity index (χ3v) is 2.87. The van der Waals surface area contributed by atoms with Gasteiger partial charge in [0.05, 0.1) is 0 Å². The molecule has 0 atom stereocenters. The van der Waals surface area contributed by atoms with Crippen LogP contribution in [0.25, 0.3) is 10.8 Å². The largest absolute Gasteiger partial charge is 0.244 e. The maximum absolute atomic E-state index is 6.01. The average molecular weight is 257 g/mol. The zero-order valence-corrected chi connectivity index (χ0v) is 9.14. The Balaban J connectivity index is 2.87. The minimum atomic E-state index is 0.576. The van der Waals surface area contributed by atoms with Crippen molar-refractivity contribution in [3.05, 3.63) is 41.2 Å². The zero-order chi connectivity index (χ0) is 9.26. The fourth-order valence-corrected chi connectivity index (χ4v) is 2.12. The molecule has 0 aliphatic carbocycles. The summed E-state index contributed by atoms with van der Waals surface area (Å²) in [5.41, 5.74) is 1.18. The van der Waals surface area contributed by atoms with Gasteiger partial charge in [0.2, 0.25) is 0 Å². The molecule has 0 amide bonds. The molecule has 0 saturated heterocycles. The Kier molecular flexibility index (Phi) is 2.51. The number of halogens is 2. The van der Waals surface area contributed by atoms with Crippen molar-refractivity contribution in [2.75, 3.05) is 0 Å². The molecule has 1 nitrogen and oxygen atoms in total. The summed E-state index contributed by atoms with van der Waals surface area (Å²) < 4.78 is 0. The summed E-state index contributed by atoms with van der Waals surface area (Å²) in [6, 6.07) is 8.07. The van der Waals surface area contributed by atoms with E-state index in [0.717, 1.165) is 16.1 Å². The first kappa shape index (κ1) is 8.97. The molecule has 0 aliphatic rings. The molecule has 13 heavy (non-hydrogen) atoms. The minimum absolute atomic E-state index is 0.576. The number of hydrogen-bond donors (Lipinski definition) is 0. The van der Waals surface area contributed by atoms with E-state index in [2.05, 4.69) is 20.9 Å². The molecule has 2 rings (SSSR count). The van der Waals surface area contributed by atoms with Gasteiger partial charge in [0.25, 0.3) is 0 Å². The van der Waals surface area contributed by atoms with Crippen LogP contribution in [0.15, 0.2) is 30.5 Å². The SMILES string of the molecule is Clc1nccc2cccc(CBr)c12. The molecule has 1 heterocycles. The highest BCUT2D eigenvalue weighted by molar-refractivity contribution is 9.08. The Bertz CT molecular complexity index is 437. The second kappa shape index (κ2) is 3.64. The topological polar surface area (TPSA) is 12.9 Å². The van der Waals surface area contributed by atoms with Crippen molar-refractivity contribution < 1.29 is 0 Å². The molecule has 0 fully saturated rings. The lowest BCUT2D eigenvalue weighted by Gasteiger charge is -2.03. The van der Waals surface area contributed by atoms with Crippen molar-refractivity contribution in [2.45, 2.75) is 5.33 Å². The maximum Gasteiger partial charge on any atom is 0.137 e. The first-order valence-corrected chi connectivity index (χ1v) is 5.41.